The van der Waals surface area contributed by atoms with Crippen LogP contribution in [-0.4, -0.2) is 60.1 Å². The maximum Gasteiger partial charge on any atom is 0.303 e. The Balaban J connectivity index is 1.60. The summed E-state index contributed by atoms with van der Waals surface area (Å²) in [7, 11) is 0. The van der Waals surface area contributed by atoms with Gasteiger partial charge in [0.25, 0.3) is 5.69 Å². The summed E-state index contributed by atoms with van der Waals surface area (Å²) in [6.45, 7) is 3.25. The van der Waals surface area contributed by atoms with E-state index in [4.69, 9.17) is 28.4 Å². The fourth-order valence-corrected chi connectivity index (χ4v) is 5.84. The lowest BCUT2D eigenvalue weighted by Crippen LogP contribution is -2.63. The summed E-state index contributed by atoms with van der Waals surface area (Å²) in [6, 6.07) is 33.8. The Morgan fingerprint density at radius 1 is 0.653 bits per heavy atom. The van der Waals surface area contributed by atoms with Crippen LogP contribution >= 0.6 is 0 Å². The van der Waals surface area contributed by atoms with Crippen molar-refractivity contribution in [3.8, 4) is 5.75 Å². The van der Waals surface area contributed by atoms with Gasteiger partial charge in [0.2, 0.25) is 12.4 Å². The first-order valence-electron chi connectivity index (χ1n) is 15.5. The van der Waals surface area contributed by atoms with Gasteiger partial charge >= 0.3 is 17.9 Å². The molecule has 1 heterocycles. The molecule has 0 aliphatic carbocycles. The SMILES string of the molecule is CC(=O)OC1C(OC(C)=O)[C@H](OC(C)=O)C(COC(c2ccccc2)(c2ccccc2)c2ccccc2)O[C@@H]1Oc1ccc([N+](=O)[O-])cc1. The van der Waals surface area contributed by atoms with E-state index in [1.807, 2.05) is 91.0 Å². The quantitative estimate of drug-likeness (QED) is 0.0618. The molecule has 1 aliphatic rings. The van der Waals surface area contributed by atoms with E-state index in [2.05, 4.69) is 0 Å². The summed E-state index contributed by atoms with van der Waals surface area (Å²) >= 11 is 0. The van der Waals surface area contributed by atoms with Crippen LogP contribution in [0.25, 0.3) is 0 Å². The molecular formula is C37H35NO11. The summed E-state index contributed by atoms with van der Waals surface area (Å²) in [5, 5.41) is 11.2. The van der Waals surface area contributed by atoms with Crippen LogP contribution in [0.5, 0.6) is 5.75 Å². The second-order valence-electron chi connectivity index (χ2n) is 11.2. The van der Waals surface area contributed by atoms with Gasteiger partial charge in [-0.05, 0) is 28.8 Å². The highest BCUT2D eigenvalue weighted by molar-refractivity contribution is 5.68. The van der Waals surface area contributed by atoms with E-state index in [0.29, 0.717) is 0 Å². The number of non-ortho nitro benzene ring substituents is 1. The van der Waals surface area contributed by atoms with Gasteiger partial charge in [-0.3, -0.25) is 24.5 Å². The number of nitrogens with zero attached hydrogens (tertiary/aromatic N) is 1. The van der Waals surface area contributed by atoms with Gasteiger partial charge in [0.05, 0.1) is 11.5 Å². The Morgan fingerprint density at radius 2 is 1.08 bits per heavy atom. The van der Waals surface area contributed by atoms with E-state index in [1.54, 1.807) is 0 Å². The molecule has 5 atom stereocenters. The predicted molar refractivity (Wildman–Crippen MR) is 174 cm³/mol. The Morgan fingerprint density at radius 3 is 1.51 bits per heavy atom. The standard InChI is InChI=1S/C37H35NO11/c1-24(39)45-33-32(23-44-37(27-13-7-4-8-14-27,28-15-9-5-10-16-28)29-17-11-6-12-18-29)49-36(35(47-26(3)41)34(33)46-25(2)40)48-31-21-19-30(20-22-31)38(42)43/h4-22,32-36H,23H2,1-3H3/t32?,33-,34?,35?,36+/m1/s1. The molecule has 49 heavy (non-hydrogen) atoms. The highest BCUT2D eigenvalue weighted by atomic mass is 16.7. The Labute approximate surface area is 282 Å². The number of benzene rings is 4. The van der Waals surface area contributed by atoms with Gasteiger partial charge in [0, 0.05) is 32.9 Å². The van der Waals surface area contributed by atoms with Crippen LogP contribution in [0.15, 0.2) is 115 Å². The third kappa shape index (κ3) is 8.11. The van der Waals surface area contributed by atoms with Gasteiger partial charge in [-0.1, -0.05) is 91.0 Å². The zero-order chi connectivity index (χ0) is 35.0. The molecule has 1 aliphatic heterocycles. The molecule has 254 valence electrons. The van der Waals surface area contributed by atoms with E-state index >= 15 is 0 Å². The zero-order valence-electron chi connectivity index (χ0n) is 27.0. The lowest BCUT2D eigenvalue weighted by molar-refractivity contribution is -0.384. The van der Waals surface area contributed by atoms with Crippen LogP contribution in [0.2, 0.25) is 0 Å². The zero-order valence-corrected chi connectivity index (χ0v) is 27.0. The minimum absolute atomic E-state index is 0.132. The van der Waals surface area contributed by atoms with Gasteiger partial charge in [-0.2, -0.15) is 0 Å². The van der Waals surface area contributed by atoms with E-state index in [0.717, 1.165) is 30.5 Å². The number of hydrogen-bond donors (Lipinski definition) is 0. The summed E-state index contributed by atoms with van der Waals surface area (Å²) in [5.41, 5.74) is 0.999. The maximum atomic E-state index is 12.5. The van der Waals surface area contributed by atoms with Gasteiger partial charge in [-0.25, -0.2) is 0 Å². The molecule has 0 spiro atoms. The fraction of sp³-hybridized carbons (Fsp3) is 0.270. The van der Waals surface area contributed by atoms with Gasteiger partial charge in [0.1, 0.15) is 17.5 Å². The lowest BCUT2D eigenvalue weighted by Gasteiger charge is -2.45. The number of carbonyl (C=O) groups is 3. The van der Waals surface area contributed by atoms with Crippen LogP contribution in [0.1, 0.15) is 37.5 Å². The molecule has 0 amide bonds. The minimum Gasteiger partial charge on any atom is -0.461 e. The van der Waals surface area contributed by atoms with Gasteiger partial charge in [0.15, 0.2) is 12.2 Å². The van der Waals surface area contributed by atoms with Gasteiger partial charge in [-0.15, -0.1) is 0 Å². The van der Waals surface area contributed by atoms with Crippen molar-refractivity contribution in [1.29, 1.82) is 0 Å². The molecule has 0 radical (unpaired) electrons. The van der Waals surface area contributed by atoms with E-state index < -0.39 is 59.1 Å². The summed E-state index contributed by atoms with van der Waals surface area (Å²) in [5.74, 6) is -2.09. The Kier molecular flexibility index (Phi) is 11.0. The van der Waals surface area contributed by atoms with Crippen molar-refractivity contribution < 1.29 is 47.7 Å². The molecule has 5 rings (SSSR count). The van der Waals surface area contributed by atoms with Crippen molar-refractivity contribution in [2.45, 2.75) is 57.1 Å². The van der Waals surface area contributed by atoms with Crippen LogP contribution < -0.4 is 4.74 Å². The molecule has 0 N–H and O–H groups in total. The molecule has 1 fully saturated rings. The average Bonchev–Trinajstić information content (AvgIpc) is 3.09. The largest absolute Gasteiger partial charge is 0.461 e. The minimum atomic E-state index is -1.44. The smallest absolute Gasteiger partial charge is 0.303 e. The first kappa shape index (κ1) is 34.7. The second-order valence-corrected chi connectivity index (χ2v) is 11.2. The van der Waals surface area contributed by atoms with E-state index in [1.165, 1.54) is 31.2 Å². The number of esters is 3. The molecule has 4 aromatic carbocycles. The lowest BCUT2D eigenvalue weighted by atomic mass is 9.80. The molecule has 12 nitrogen and oxygen atoms in total. The highest BCUT2D eigenvalue weighted by Crippen LogP contribution is 2.41. The van der Waals surface area contributed by atoms with Crippen molar-refractivity contribution in [3.63, 3.8) is 0 Å². The van der Waals surface area contributed by atoms with Crippen molar-refractivity contribution in [1.82, 2.24) is 0 Å². The van der Waals surface area contributed by atoms with E-state index in [-0.39, 0.29) is 18.0 Å². The first-order chi connectivity index (χ1) is 23.6. The second kappa shape index (κ2) is 15.5. The number of nitro benzene ring substituents is 1. The maximum absolute atomic E-state index is 12.5. The number of carbonyl (C=O) groups excluding carboxylic acids is 3. The first-order valence-corrected chi connectivity index (χ1v) is 15.5. The molecule has 0 bridgehead atoms. The molecule has 4 aromatic rings. The Hall–Kier alpha value is -5.59. The molecule has 0 aromatic heterocycles. The van der Waals surface area contributed by atoms with Crippen LogP contribution in [-0.2, 0) is 43.7 Å². The van der Waals surface area contributed by atoms with Crippen molar-refractivity contribution in [3.05, 3.63) is 142 Å². The summed E-state index contributed by atoms with van der Waals surface area (Å²) < 4.78 is 36.3. The number of nitro groups is 1. The number of rotatable bonds is 12. The molecule has 12 heteroatoms. The summed E-state index contributed by atoms with van der Waals surface area (Å²) in [6.07, 6.45) is -6.72. The molecule has 3 unspecified atom stereocenters. The summed E-state index contributed by atoms with van der Waals surface area (Å²) in [4.78, 5) is 47.9. The van der Waals surface area contributed by atoms with Crippen LogP contribution in [0.4, 0.5) is 5.69 Å². The van der Waals surface area contributed by atoms with Gasteiger partial charge < -0.3 is 28.4 Å². The number of ether oxygens (including phenoxy) is 6. The third-order valence-corrected chi connectivity index (χ3v) is 7.80. The van der Waals surface area contributed by atoms with Crippen molar-refractivity contribution in [2.24, 2.45) is 0 Å². The van der Waals surface area contributed by atoms with Crippen molar-refractivity contribution in [2.75, 3.05) is 6.61 Å². The molecule has 0 saturated carbocycles. The van der Waals surface area contributed by atoms with Crippen molar-refractivity contribution >= 4 is 23.6 Å². The van der Waals surface area contributed by atoms with Crippen LogP contribution in [0, 0.1) is 10.1 Å². The Bertz CT molecular complexity index is 1640. The predicted octanol–water partition coefficient (Wildman–Crippen LogP) is 5.50. The van der Waals surface area contributed by atoms with Crippen LogP contribution in [0.3, 0.4) is 0 Å². The highest BCUT2D eigenvalue weighted by Gasteiger charge is 2.54. The molecule has 1 saturated heterocycles. The van der Waals surface area contributed by atoms with E-state index in [9.17, 15) is 24.5 Å². The monoisotopic (exact) mass is 669 g/mol. The fourth-order valence-electron chi connectivity index (χ4n) is 5.84. The average molecular weight is 670 g/mol. The third-order valence-electron chi connectivity index (χ3n) is 7.80. The number of hydrogen-bond acceptors (Lipinski definition) is 11. The topological polar surface area (TPSA) is 150 Å². The normalized spacial score (nSPS) is 20.4. The molecular weight excluding hydrogens is 634 g/mol.